The van der Waals surface area contributed by atoms with E-state index in [0.717, 1.165) is 11.3 Å². The molecule has 0 aliphatic heterocycles. The summed E-state index contributed by atoms with van der Waals surface area (Å²) in [4.78, 5) is 20.7. The molecular formula is C12H13N3O2S. The SMILES string of the molecule is COc1ncccc1CNC(=O)c1scnc1C. The van der Waals surface area contributed by atoms with Crippen molar-refractivity contribution in [3.63, 3.8) is 0 Å². The van der Waals surface area contributed by atoms with Gasteiger partial charge in [-0.2, -0.15) is 0 Å². The molecule has 2 aromatic heterocycles. The maximum absolute atomic E-state index is 11.9. The number of carbonyl (C=O) groups excluding carboxylic acids is 1. The third kappa shape index (κ3) is 2.65. The van der Waals surface area contributed by atoms with Crippen molar-refractivity contribution in [3.05, 3.63) is 40.0 Å². The van der Waals surface area contributed by atoms with Crippen molar-refractivity contribution in [2.45, 2.75) is 13.5 Å². The van der Waals surface area contributed by atoms with Crippen molar-refractivity contribution in [1.82, 2.24) is 15.3 Å². The fraction of sp³-hybridized carbons (Fsp3) is 0.250. The van der Waals surface area contributed by atoms with E-state index in [0.29, 0.717) is 17.3 Å². The molecule has 1 N–H and O–H groups in total. The standard InChI is InChI=1S/C12H13N3O2S/c1-8-10(18-7-15-8)11(16)14-6-9-4-3-5-13-12(9)17-2/h3-5,7H,6H2,1-2H3,(H,14,16). The molecule has 1 amide bonds. The van der Waals surface area contributed by atoms with E-state index in [1.807, 2.05) is 19.1 Å². The van der Waals surface area contributed by atoms with E-state index in [1.54, 1.807) is 18.8 Å². The van der Waals surface area contributed by atoms with Crippen LogP contribution in [0.15, 0.2) is 23.8 Å². The van der Waals surface area contributed by atoms with Gasteiger partial charge in [0.2, 0.25) is 5.88 Å². The molecule has 94 valence electrons. The zero-order valence-corrected chi connectivity index (χ0v) is 11.0. The number of aryl methyl sites for hydroxylation is 1. The van der Waals surface area contributed by atoms with Crippen LogP contribution in [0.2, 0.25) is 0 Å². The largest absolute Gasteiger partial charge is 0.481 e. The summed E-state index contributed by atoms with van der Waals surface area (Å²) in [6, 6.07) is 3.67. The van der Waals surface area contributed by atoms with Crippen LogP contribution in [0.1, 0.15) is 20.9 Å². The fourth-order valence-electron chi connectivity index (χ4n) is 1.52. The molecule has 0 fully saturated rings. The lowest BCUT2D eigenvalue weighted by Crippen LogP contribution is -2.23. The first-order valence-electron chi connectivity index (χ1n) is 5.38. The number of ether oxygens (including phenoxy) is 1. The summed E-state index contributed by atoms with van der Waals surface area (Å²) in [6.07, 6.45) is 1.65. The third-order valence-corrected chi connectivity index (χ3v) is 3.36. The number of nitrogens with one attached hydrogen (secondary N) is 1. The molecule has 2 heterocycles. The number of rotatable bonds is 4. The second kappa shape index (κ2) is 5.59. The van der Waals surface area contributed by atoms with Crippen molar-refractivity contribution >= 4 is 17.2 Å². The Labute approximate surface area is 109 Å². The summed E-state index contributed by atoms with van der Waals surface area (Å²) < 4.78 is 5.12. The van der Waals surface area contributed by atoms with Gasteiger partial charge in [-0.15, -0.1) is 11.3 Å². The molecule has 0 aliphatic carbocycles. The number of pyridine rings is 1. The molecule has 0 spiro atoms. The lowest BCUT2D eigenvalue weighted by molar-refractivity contribution is 0.0954. The highest BCUT2D eigenvalue weighted by Gasteiger charge is 2.12. The summed E-state index contributed by atoms with van der Waals surface area (Å²) in [7, 11) is 1.56. The number of aromatic nitrogens is 2. The van der Waals surface area contributed by atoms with Crippen LogP contribution in [0, 0.1) is 6.92 Å². The minimum Gasteiger partial charge on any atom is -0.481 e. The first-order chi connectivity index (χ1) is 8.72. The summed E-state index contributed by atoms with van der Waals surface area (Å²) in [5.41, 5.74) is 3.25. The molecular weight excluding hydrogens is 250 g/mol. The average molecular weight is 263 g/mol. The van der Waals surface area contributed by atoms with E-state index in [2.05, 4.69) is 15.3 Å². The van der Waals surface area contributed by atoms with Gasteiger partial charge in [-0.1, -0.05) is 6.07 Å². The molecule has 0 aliphatic rings. The number of amides is 1. The summed E-state index contributed by atoms with van der Waals surface area (Å²) in [5.74, 6) is 0.403. The molecule has 5 nitrogen and oxygen atoms in total. The predicted octanol–water partition coefficient (Wildman–Crippen LogP) is 1.79. The van der Waals surface area contributed by atoms with Crippen molar-refractivity contribution in [2.75, 3.05) is 7.11 Å². The Morgan fingerprint density at radius 2 is 2.33 bits per heavy atom. The molecule has 0 bridgehead atoms. The predicted molar refractivity (Wildman–Crippen MR) is 68.8 cm³/mol. The number of hydrogen-bond acceptors (Lipinski definition) is 5. The molecule has 0 saturated carbocycles. The van der Waals surface area contributed by atoms with E-state index in [-0.39, 0.29) is 5.91 Å². The Balaban J connectivity index is 2.04. The van der Waals surface area contributed by atoms with Crippen LogP contribution in [-0.4, -0.2) is 23.0 Å². The van der Waals surface area contributed by atoms with E-state index in [9.17, 15) is 4.79 Å². The van der Waals surface area contributed by atoms with Crippen LogP contribution in [-0.2, 0) is 6.54 Å². The summed E-state index contributed by atoms with van der Waals surface area (Å²) >= 11 is 1.33. The zero-order valence-electron chi connectivity index (χ0n) is 10.1. The van der Waals surface area contributed by atoms with Crippen LogP contribution in [0.5, 0.6) is 5.88 Å². The van der Waals surface area contributed by atoms with E-state index in [4.69, 9.17) is 4.74 Å². The molecule has 0 saturated heterocycles. The molecule has 0 radical (unpaired) electrons. The van der Waals surface area contributed by atoms with Gasteiger partial charge in [-0.05, 0) is 13.0 Å². The van der Waals surface area contributed by atoms with Crippen LogP contribution >= 0.6 is 11.3 Å². The third-order valence-electron chi connectivity index (χ3n) is 2.43. The van der Waals surface area contributed by atoms with Gasteiger partial charge in [0, 0.05) is 18.3 Å². The first-order valence-corrected chi connectivity index (χ1v) is 6.26. The van der Waals surface area contributed by atoms with Crippen LogP contribution in [0.4, 0.5) is 0 Å². The van der Waals surface area contributed by atoms with Gasteiger partial charge in [0.15, 0.2) is 0 Å². The van der Waals surface area contributed by atoms with Gasteiger partial charge >= 0.3 is 0 Å². The van der Waals surface area contributed by atoms with Crippen molar-refractivity contribution < 1.29 is 9.53 Å². The van der Waals surface area contributed by atoms with Gasteiger partial charge in [0.1, 0.15) is 4.88 Å². The van der Waals surface area contributed by atoms with Crippen molar-refractivity contribution in [3.8, 4) is 5.88 Å². The molecule has 18 heavy (non-hydrogen) atoms. The normalized spacial score (nSPS) is 10.1. The second-order valence-corrected chi connectivity index (χ2v) is 4.48. The first kappa shape index (κ1) is 12.5. The zero-order chi connectivity index (χ0) is 13.0. The lowest BCUT2D eigenvalue weighted by Gasteiger charge is -2.07. The number of nitrogens with zero attached hydrogens (tertiary/aromatic N) is 2. The van der Waals surface area contributed by atoms with Gasteiger partial charge in [-0.25, -0.2) is 9.97 Å². The van der Waals surface area contributed by atoms with E-state index in [1.165, 1.54) is 11.3 Å². The number of carbonyl (C=O) groups is 1. The molecule has 2 rings (SSSR count). The molecule has 0 aromatic carbocycles. The van der Waals surface area contributed by atoms with E-state index >= 15 is 0 Å². The highest BCUT2D eigenvalue weighted by atomic mass is 32.1. The Morgan fingerprint density at radius 3 is 3.00 bits per heavy atom. The van der Waals surface area contributed by atoms with Gasteiger partial charge in [0.25, 0.3) is 5.91 Å². The Morgan fingerprint density at radius 1 is 1.50 bits per heavy atom. The second-order valence-electron chi connectivity index (χ2n) is 3.62. The fourth-order valence-corrected chi connectivity index (χ4v) is 2.24. The monoisotopic (exact) mass is 263 g/mol. The summed E-state index contributed by atoms with van der Waals surface area (Å²) in [5, 5.41) is 2.83. The van der Waals surface area contributed by atoms with Crippen molar-refractivity contribution in [1.29, 1.82) is 0 Å². The minimum absolute atomic E-state index is 0.124. The number of hydrogen-bond donors (Lipinski definition) is 1. The van der Waals surface area contributed by atoms with E-state index < -0.39 is 0 Å². The molecule has 6 heteroatoms. The van der Waals surface area contributed by atoms with Crippen LogP contribution in [0.3, 0.4) is 0 Å². The van der Waals surface area contributed by atoms with Crippen LogP contribution < -0.4 is 10.1 Å². The summed E-state index contributed by atoms with van der Waals surface area (Å²) in [6.45, 7) is 2.20. The smallest absolute Gasteiger partial charge is 0.263 e. The lowest BCUT2D eigenvalue weighted by atomic mass is 10.2. The minimum atomic E-state index is -0.124. The molecule has 2 aromatic rings. The Kier molecular flexibility index (Phi) is 3.88. The Hall–Kier alpha value is -1.95. The number of thiazole rings is 1. The molecule has 0 unspecified atom stereocenters. The van der Waals surface area contributed by atoms with Crippen LogP contribution in [0.25, 0.3) is 0 Å². The van der Waals surface area contributed by atoms with Gasteiger partial charge in [-0.3, -0.25) is 4.79 Å². The maximum atomic E-state index is 11.9. The number of methoxy groups -OCH3 is 1. The highest BCUT2D eigenvalue weighted by Crippen LogP contribution is 2.15. The topological polar surface area (TPSA) is 64.1 Å². The van der Waals surface area contributed by atoms with Gasteiger partial charge < -0.3 is 10.1 Å². The quantitative estimate of drug-likeness (QED) is 0.913. The van der Waals surface area contributed by atoms with Gasteiger partial charge in [0.05, 0.1) is 18.3 Å². The molecule has 0 atom stereocenters. The Bertz CT molecular complexity index is 554. The highest BCUT2D eigenvalue weighted by molar-refractivity contribution is 7.11. The van der Waals surface area contributed by atoms with Crippen molar-refractivity contribution in [2.24, 2.45) is 0 Å². The maximum Gasteiger partial charge on any atom is 0.263 e. The average Bonchev–Trinajstić information content (AvgIpc) is 2.82.